The molecular formula is C15H23N3O. The molecule has 0 saturated heterocycles. The number of aliphatic hydroxyl groups excluding tert-OH is 1. The van der Waals surface area contributed by atoms with Crippen LogP contribution in [0, 0.1) is 5.92 Å². The third kappa shape index (κ3) is 2.80. The molecule has 2 unspecified atom stereocenters. The van der Waals surface area contributed by atoms with Gasteiger partial charge in [-0.05, 0) is 25.0 Å². The third-order valence-corrected chi connectivity index (χ3v) is 3.67. The highest BCUT2D eigenvalue weighted by Gasteiger charge is 2.19. The van der Waals surface area contributed by atoms with Crippen molar-refractivity contribution in [2.75, 3.05) is 6.61 Å². The molecule has 2 rings (SSSR count). The lowest BCUT2D eigenvalue weighted by atomic mass is 10.0. The van der Waals surface area contributed by atoms with Crippen molar-refractivity contribution in [2.45, 2.75) is 32.9 Å². The molecule has 1 aromatic heterocycles. The SMILES string of the molecule is CC(NC(CO)C(C)C)c1nc2ccccc2n1C. The summed E-state index contributed by atoms with van der Waals surface area (Å²) in [4.78, 5) is 4.68. The molecule has 19 heavy (non-hydrogen) atoms. The Hall–Kier alpha value is -1.39. The topological polar surface area (TPSA) is 50.1 Å². The molecule has 0 aliphatic heterocycles. The molecule has 0 amide bonds. The maximum absolute atomic E-state index is 9.41. The van der Waals surface area contributed by atoms with Crippen LogP contribution in [0.4, 0.5) is 0 Å². The minimum Gasteiger partial charge on any atom is -0.395 e. The quantitative estimate of drug-likeness (QED) is 0.868. The van der Waals surface area contributed by atoms with E-state index in [4.69, 9.17) is 0 Å². The van der Waals surface area contributed by atoms with Crippen LogP contribution in [0.1, 0.15) is 32.6 Å². The number of para-hydroxylation sites is 2. The van der Waals surface area contributed by atoms with Crippen molar-refractivity contribution in [3.8, 4) is 0 Å². The van der Waals surface area contributed by atoms with Gasteiger partial charge in [-0.2, -0.15) is 0 Å². The van der Waals surface area contributed by atoms with Crippen molar-refractivity contribution in [3.05, 3.63) is 30.1 Å². The number of benzene rings is 1. The summed E-state index contributed by atoms with van der Waals surface area (Å²) in [5.74, 6) is 1.39. The Balaban J connectivity index is 2.26. The number of aryl methyl sites for hydroxylation is 1. The van der Waals surface area contributed by atoms with Crippen LogP contribution in [0.25, 0.3) is 11.0 Å². The van der Waals surface area contributed by atoms with Crippen LogP contribution in [0.3, 0.4) is 0 Å². The molecule has 4 nitrogen and oxygen atoms in total. The monoisotopic (exact) mass is 261 g/mol. The van der Waals surface area contributed by atoms with Crippen LogP contribution in [0.15, 0.2) is 24.3 Å². The Morgan fingerprint density at radius 2 is 1.95 bits per heavy atom. The molecule has 0 radical (unpaired) electrons. The molecule has 0 aliphatic carbocycles. The average Bonchev–Trinajstić information content (AvgIpc) is 2.73. The zero-order chi connectivity index (χ0) is 14.0. The summed E-state index contributed by atoms with van der Waals surface area (Å²) in [5, 5.41) is 12.9. The predicted molar refractivity (Wildman–Crippen MR) is 78.0 cm³/mol. The van der Waals surface area contributed by atoms with E-state index in [2.05, 4.69) is 41.7 Å². The van der Waals surface area contributed by atoms with Gasteiger partial charge >= 0.3 is 0 Å². The summed E-state index contributed by atoms with van der Waals surface area (Å²) in [6.07, 6.45) is 0. The first-order chi connectivity index (χ1) is 9.04. The molecule has 0 saturated carbocycles. The van der Waals surface area contributed by atoms with Crippen molar-refractivity contribution in [2.24, 2.45) is 13.0 Å². The molecule has 0 bridgehead atoms. The first-order valence-electron chi connectivity index (χ1n) is 6.82. The number of imidazole rings is 1. The second kappa shape index (κ2) is 5.72. The van der Waals surface area contributed by atoms with Crippen molar-refractivity contribution in [3.63, 3.8) is 0 Å². The van der Waals surface area contributed by atoms with Gasteiger partial charge in [-0.25, -0.2) is 4.98 Å². The molecule has 4 heteroatoms. The Morgan fingerprint density at radius 1 is 1.26 bits per heavy atom. The van der Waals surface area contributed by atoms with Gasteiger partial charge in [0.25, 0.3) is 0 Å². The van der Waals surface area contributed by atoms with Crippen LogP contribution in [-0.4, -0.2) is 27.3 Å². The third-order valence-electron chi connectivity index (χ3n) is 3.67. The second-order valence-electron chi connectivity index (χ2n) is 5.44. The zero-order valence-corrected chi connectivity index (χ0v) is 12.1. The fraction of sp³-hybridized carbons (Fsp3) is 0.533. The smallest absolute Gasteiger partial charge is 0.126 e. The first kappa shape index (κ1) is 14.0. The van der Waals surface area contributed by atoms with E-state index in [0.29, 0.717) is 5.92 Å². The molecule has 1 heterocycles. The fourth-order valence-corrected chi connectivity index (χ4v) is 2.40. The van der Waals surface area contributed by atoms with E-state index >= 15 is 0 Å². The largest absolute Gasteiger partial charge is 0.395 e. The lowest BCUT2D eigenvalue weighted by Crippen LogP contribution is -2.39. The minimum atomic E-state index is 0.0924. The summed E-state index contributed by atoms with van der Waals surface area (Å²) in [5.41, 5.74) is 2.15. The van der Waals surface area contributed by atoms with Gasteiger partial charge in [0, 0.05) is 13.1 Å². The Kier molecular flexibility index (Phi) is 4.22. The molecule has 0 spiro atoms. The highest BCUT2D eigenvalue weighted by Crippen LogP contribution is 2.20. The van der Waals surface area contributed by atoms with Gasteiger partial charge in [-0.1, -0.05) is 26.0 Å². The number of hydrogen-bond donors (Lipinski definition) is 2. The summed E-state index contributed by atoms with van der Waals surface area (Å²) >= 11 is 0. The summed E-state index contributed by atoms with van der Waals surface area (Å²) in [6, 6.07) is 8.33. The molecule has 0 aliphatic rings. The van der Waals surface area contributed by atoms with Gasteiger partial charge in [0.2, 0.25) is 0 Å². The van der Waals surface area contributed by atoms with E-state index in [1.54, 1.807) is 0 Å². The normalized spacial score (nSPS) is 15.1. The summed E-state index contributed by atoms with van der Waals surface area (Å²) in [7, 11) is 2.03. The lowest BCUT2D eigenvalue weighted by Gasteiger charge is -2.24. The van der Waals surface area contributed by atoms with Crippen molar-refractivity contribution >= 4 is 11.0 Å². The van der Waals surface area contributed by atoms with Crippen LogP contribution in [0.2, 0.25) is 0 Å². The van der Waals surface area contributed by atoms with E-state index < -0.39 is 0 Å². The summed E-state index contributed by atoms with van der Waals surface area (Å²) in [6.45, 7) is 6.45. The van der Waals surface area contributed by atoms with E-state index in [1.807, 2.05) is 25.2 Å². The zero-order valence-electron chi connectivity index (χ0n) is 12.1. The number of nitrogens with one attached hydrogen (secondary N) is 1. The summed E-state index contributed by atoms with van der Waals surface area (Å²) < 4.78 is 2.11. The second-order valence-corrected chi connectivity index (χ2v) is 5.44. The lowest BCUT2D eigenvalue weighted by molar-refractivity contribution is 0.199. The van der Waals surface area contributed by atoms with Crippen molar-refractivity contribution < 1.29 is 5.11 Å². The van der Waals surface area contributed by atoms with E-state index in [1.165, 1.54) is 0 Å². The van der Waals surface area contributed by atoms with E-state index in [0.717, 1.165) is 16.9 Å². The highest BCUT2D eigenvalue weighted by atomic mass is 16.3. The van der Waals surface area contributed by atoms with Gasteiger partial charge in [-0.15, -0.1) is 0 Å². The van der Waals surface area contributed by atoms with Crippen LogP contribution in [0.5, 0.6) is 0 Å². The number of nitrogens with zero attached hydrogens (tertiary/aromatic N) is 2. The Labute approximate surface area is 114 Å². The molecule has 1 aromatic carbocycles. The average molecular weight is 261 g/mol. The Bertz CT molecular complexity index is 547. The number of hydrogen-bond acceptors (Lipinski definition) is 3. The van der Waals surface area contributed by atoms with Gasteiger partial charge < -0.3 is 15.0 Å². The molecule has 2 atom stereocenters. The highest BCUT2D eigenvalue weighted by molar-refractivity contribution is 5.75. The van der Waals surface area contributed by atoms with Gasteiger partial charge in [0.05, 0.1) is 23.7 Å². The molecule has 2 N–H and O–H groups in total. The number of fused-ring (bicyclic) bond motifs is 1. The number of aromatic nitrogens is 2. The number of rotatable bonds is 5. The minimum absolute atomic E-state index is 0.0924. The van der Waals surface area contributed by atoms with Crippen LogP contribution < -0.4 is 5.32 Å². The van der Waals surface area contributed by atoms with Gasteiger partial charge in [0.15, 0.2) is 0 Å². The Morgan fingerprint density at radius 3 is 2.53 bits per heavy atom. The molecular weight excluding hydrogens is 238 g/mol. The number of aliphatic hydroxyl groups is 1. The first-order valence-corrected chi connectivity index (χ1v) is 6.82. The predicted octanol–water partition coefficient (Wildman–Crippen LogP) is 2.24. The molecule has 104 valence electrons. The van der Waals surface area contributed by atoms with E-state index in [9.17, 15) is 5.11 Å². The van der Waals surface area contributed by atoms with Crippen molar-refractivity contribution in [1.29, 1.82) is 0 Å². The maximum Gasteiger partial charge on any atom is 0.126 e. The van der Waals surface area contributed by atoms with Gasteiger partial charge in [-0.3, -0.25) is 0 Å². The van der Waals surface area contributed by atoms with Crippen molar-refractivity contribution in [1.82, 2.24) is 14.9 Å². The van der Waals surface area contributed by atoms with E-state index in [-0.39, 0.29) is 18.7 Å². The maximum atomic E-state index is 9.41. The molecule has 2 aromatic rings. The fourth-order valence-electron chi connectivity index (χ4n) is 2.40. The van der Waals surface area contributed by atoms with Gasteiger partial charge in [0.1, 0.15) is 5.82 Å². The van der Waals surface area contributed by atoms with Crippen LogP contribution in [-0.2, 0) is 7.05 Å². The van der Waals surface area contributed by atoms with Crippen LogP contribution >= 0.6 is 0 Å². The standard InChI is InChI=1S/C15H23N3O/c1-10(2)13(9-19)16-11(3)15-17-12-7-5-6-8-14(12)18(15)4/h5-8,10-11,13,16,19H,9H2,1-4H3. The molecule has 0 fully saturated rings.